The number of aliphatic hydroxyl groups is 1. The molecule has 0 fully saturated rings. The quantitative estimate of drug-likeness (QED) is 0.638. The molecule has 0 radical (unpaired) electrons. The number of hydrogen-bond donors (Lipinski definition) is 2. The largest absolute Gasteiger partial charge is 0.373 e. The van der Waals surface area contributed by atoms with Crippen LogP contribution in [-0.4, -0.2) is 10.1 Å². The Labute approximate surface area is 75.8 Å². The van der Waals surface area contributed by atoms with E-state index in [0.29, 0.717) is 5.69 Å². The third-order valence-electron chi connectivity index (χ3n) is 1.92. The fourth-order valence-corrected chi connectivity index (χ4v) is 1.25. The third-order valence-corrected chi connectivity index (χ3v) is 1.92. The van der Waals surface area contributed by atoms with Crippen molar-refractivity contribution in [1.29, 1.82) is 0 Å². The maximum Gasteiger partial charge on any atom is 0.145 e. The number of rotatable bonds is 1. The van der Waals surface area contributed by atoms with Crippen LogP contribution in [0.5, 0.6) is 0 Å². The summed E-state index contributed by atoms with van der Waals surface area (Å²) in [6.45, 7) is 0. The molecule has 0 aliphatic heterocycles. The number of aliphatic hydroxyl groups excluding tert-OH is 1. The summed E-state index contributed by atoms with van der Waals surface area (Å²) < 4.78 is 0. The minimum Gasteiger partial charge on any atom is -0.373 e. The maximum absolute atomic E-state index is 9.10. The fourth-order valence-electron chi connectivity index (χ4n) is 1.25. The second-order valence-corrected chi connectivity index (χ2v) is 2.87. The molecular formula is C10H10N2O. The zero-order chi connectivity index (χ0) is 9.26. The standard InChI is InChI=1S/C10H10N2O/c11-10(13)9-6-5-7-3-1-2-4-8(7)12-9/h1-6,10,13H,11H2. The third kappa shape index (κ3) is 1.52. The number of benzene rings is 1. The number of aromatic nitrogens is 1. The molecule has 0 saturated carbocycles. The molecule has 0 bridgehead atoms. The summed E-state index contributed by atoms with van der Waals surface area (Å²) in [5.41, 5.74) is 6.65. The van der Waals surface area contributed by atoms with E-state index in [0.717, 1.165) is 10.9 Å². The van der Waals surface area contributed by atoms with Crippen LogP contribution in [0.15, 0.2) is 36.4 Å². The van der Waals surface area contributed by atoms with Crippen molar-refractivity contribution in [3.8, 4) is 0 Å². The molecular weight excluding hydrogens is 164 g/mol. The molecule has 1 aromatic heterocycles. The molecule has 1 aromatic carbocycles. The van der Waals surface area contributed by atoms with Crippen LogP contribution in [0.2, 0.25) is 0 Å². The normalized spacial score (nSPS) is 13.1. The predicted molar refractivity (Wildman–Crippen MR) is 50.9 cm³/mol. The maximum atomic E-state index is 9.10. The molecule has 0 aliphatic rings. The van der Waals surface area contributed by atoms with Gasteiger partial charge in [0.1, 0.15) is 6.23 Å². The van der Waals surface area contributed by atoms with Gasteiger partial charge < -0.3 is 10.8 Å². The van der Waals surface area contributed by atoms with Crippen molar-refractivity contribution in [2.24, 2.45) is 5.73 Å². The van der Waals surface area contributed by atoms with Crippen molar-refractivity contribution in [2.45, 2.75) is 6.23 Å². The van der Waals surface area contributed by atoms with Gasteiger partial charge in [-0.25, -0.2) is 4.98 Å². The molecule has 3 heteroatoms. The van der Waals surface area contributed by atoms with Crippen LogP contribution in [0.3, 0.4) is 0 Å². The summed E-state index contributed by atoms with van der Waals surface area (Å²) in [5.74, 6) is 0. The molecule has 1 atom stereocenters. The van der Waals surface area contributed by atoms with Gasteiger partial charge in [0, 0.05) is 5.39 Å². The summed E-state index contributed by atoms with van der Waals surface area (Å²) in [7, 11) is 0. The molecule has 2 aromatic rings. The minimum atomic E-state index is -0.996. The first-order valence-electron chi connectivity index (χ1n) is 4.07. The van der Waals surface area contributed by atoms with E-state index in [1.54, 1.807) is 6.07 Å². The summed E-state index contributed by atoms with van der Waals surface area (Å²) in [6, 6.07) is 11.3. The molecule has 13 heavy (non-hydrogen) atoms. The second kappa shape index (κ2) is 3.12. The highest BCUT2D eigenvalue weighted by molar-refractivity contribution is 5.78. The molecule has 3 N–H and O–H groups in total. The number of nitrogens with zero attached hydrogens (tertiary/aromatic N) is 1. The summed E-state index contributed by atoms with van der Waals surface area (Å²) in [4.78, 5) is 4.20. The Morgan fingerprint density at radius 1 is 1.15 bits per heavy atom. The molecule has 0 saturated heterocycles. The van der Waals surface area contributed by atoms with Crippen molar-refractivity contribution in [1.82, 2.24) is 4.98 Å². The van der Waals surface area contributed by atoms with Gasteiger partial charge in [-0.15, -0.1) is 0 Å². The summed E-state index contributed by atoms with van der Waals surface area (Å²) in [5, 5.41) is 10.1. The highest BCUT2D eigenvalue weighted by Gasteiger charge is 2.02. The van der Waals surface area contributed by atoms with Crippen LogP contribution in [0, 0.1) is 0 Å². The second-order valence-electron chi connectivity index (χ2n) is 2.87. The highest BCUT2D eigenvalue weighted by Crippen LogP contribution is 2.13. The molecule has 2 rings (SSSR count). The Bertz CT molecular complexity index is 426. The summed E-state index contributed by atoms with van der Waals surface area (Å²) in [6.07, 6.45) is -0.996. The van der Waals surface area contributed by atoms with E-state index in [4.69, 9.17) is 10.8 Å². The van der Waals surface area contributed by atoms with Gasteiger partial charge in [-0.3, -0.25) is 0 Å². The van der Waals surface area contributed by atoms with E-state index in [9.17, 15) is 0 Å². The van der Waals surface area contributed by atoms with E-state index in [1.165, 1.54) is 0 Å². The molecule has 0 amide bonds. The average molecular weight is 174 g/mol. The lowest BCUT2D eigenvalue weighted by Gasteiger charge is -2.04. The van der Waals surface area contributed by atoms with Crippen LogP contribution in [0.1, 0.15) is 11.9 Å². The Morgan fingerprint density at radius 3 is 2.69 bits per heavy atom. The number of pyridine rings is 1. The molecule has 0 aliphatic carbocycles. The molecule has 3 nitrogen and oxygen atoms in total. The zero-order valence-electron chi connectivity index (χ0n) is 7.01. The molecule has 0 spiro atoms. The molecule has 1 heterocycles. The average Bonchev–Trinajstić information content (AvgIpc) is 2.17. The fraction of sp³-hybridized carbons (Fsp3) is 0.100. The van der Waals surface area contributed by atoms with Gasteiger partial charge in [0.15, 0.2) is 0 Å². The predicted octanol–water partition coefficient (Wildman–Crippen LogP) is 1.18. The highest BCUT2D eigenvalue weighted by atomic mass is 16.3. The van der Waals surface area contributed by atoms with E-state index >= 15 is 0 Å². The number of nitrogens with two attached hydrogens (primary N) is 1. The SMILES string of the molecule is NC(O)c1ccc2ccccc2n1. The number of fused-ring (bicyclic) bond motifs is 1. The van der Waals surface area contributed by atoms with Crippen molar-refractivity contribution in [3.05, 3.63) is 42.1 Å². The number of hydrogen-bond acceptors (Lipinski definition) is 3. The Morgan fingerprint density at radius 2 is 1.92 bits per heavy atom. The van der Waals surface area contributed by atoms with Gasteiger partial charge in [-0.05, 0) is 12.1 Å². The lowest BCUT2D eigenvalue weighted by molar-refractivity contribution is 0.182. The van der Waals surface area contributed by atoms with Gasteiger partial charge in [0.05, 0.1) is 11.2 Å². The van der Waals surface area contributed by atoms with Gasteiger partial charge in [0.25, 0.3) is 0 Å². The van der Waals surface area contributed by atoms with E-state index in [2.05, 4.69) is 4.98 Å². The molecule has 1 unspecified atom stereocenters. The van der Waals surface area contributed by atoms with E-state index < -0.39 is 6.23 Å². The van der Waals surface area contributed by atoms with Crippen molar-refractivity contribution >= 4 is 10.9 Å². The smallest absolute Gasteiger partial charge is 0.145 e. The van der Waals surface area contributed by atoms with E-state index in [-0.39, 0.29) is 0 Å². The lowest BCUT2D eigenvalue weighted by atomic mass is 10.2. The van der Waals surface area contributed by atoms with Crippen LogP contribution in [-0.2, 0) is 0 Å². The Balaban J connectivity index is 2.62. The topological polar surface area (TPSA) is 59.1 Å². The first-order chi connectivity index (χ1) is 6.27. The van der Waals surface area contributed by atoms with Crippen LogP contribution >= 0.6 is 0 Å². The number of para-hydroxylation sites is 1. The van der Waals surface area contributed by atoms with Crippen molar-refractivity contribution in [2.75, 3.05) is 0 Å². The van der Waals surface area contributed by atoms with Crippen molar-refractivity contribution < 1.29 is 5.11 Å². The van der Waals surface area contributed by atoms with Crippen LogP contribution < -0.4 is 5.73 Å². The monoisotopic (exact) mass is 174 g/mol. The first-order valence-corrected chi connectivity index (χ1v) is 4.07. The lowest BCUT2D eigenvalue weighted by Crippen LogP contribution is -2.10. The Hall–Kier alpha value is -1.45. The van der Waals surface area contributed by atoms with Crippen molar-refractivity contribution in [3.63, 3.8) is 0 Å². The molecule has 66 valence electrons. The van der Waals surface area contributed by atoms with E-state index in [1.807, 2.05) is 30.3 Å². The van der Waals surface area contributed by atoms with Gasteiger partial charge in [-0.2, -0.15) is 0 Å². The van der Waals surface area contributed by atoms with Crippen LogP contribution in [0.4, 0.5) is 0 Å². The summed E-state index contributed by atoms with van der Waals surface area (Å²) >= 11 is 0. The zero-order valence-corrected chi connectivity index (χ0v) is 7.01. The van der Waals surface area contributed by atoms with Crippen LogP contribution in [0.25, 0.3) is 10.9 Å². The van der Waals surface area contributed by atoms with Gasteiger partial charge in [0.2, 0.25) is 0 Å². The Kier molecular flexibility index (Phi) is 1.96. The van der Waals surface area contributed by atoms with Gasteiger partial charge >= 0.3 is 0 Å². The van der Waals surface area contributed by atoms with Gasteiger partial charge in [-0.1, -0.05) is 24.3 Å². The minimum absolute atomic E-state index is 0.499. The first kappa shape index (κ1) is 8.16.